The molecule has 0 aliphatic carbocycles. The fraction of sp³-hybridized carbons (Fsp3) is 0.400. The third-order valence-electron chi connectivity index (χ3n) is 3.34. The highest BCUT2D eigenvalue weighted by atomic mass is 16.6. The number of ether oxygens (including phenoxy) is 1. The van der Waals surface area contributed by atoms with Gasteiger partial charge in [-0.2, -0.15) is 5.10 Å². The molecule has 0 atom stereocenters. The first-order valence-corrected chi connectivity index (χ1v) is 7.58. The van der Waals surface area contributed by atoms with Crippen molar-refractivity contribution in [2.24, 2.45) is 0 Å². The Hall–Kier alpha value is -2.97. The van der Waals surface area contributed by atoms with Crippen molar-refractivity contribution in [1.82, 2.24) is 20.5 Å². The summed E-state index contributed by atoms with van der Waals surface area (Å²) in [6.07, 6.45) is 3.51. The molecule has 128 valence electrons. The SMILES string of the molecule is CCCCOc1ncccc1CNC(=O)c1n[nH]c(C)c1[N+](=O)[O-]. The van der Waals surface area contributed by atoms with E-state index in [-0.39, 0.29) is 23.6 Å². The number of carbonyl (C=O) groups excluding carboxylic acids is 1. The van der Waals surface area contributed by atoms with Gasteiger partial charge in [-0.15, -0.1) is 0 Å². The second-order valence-electron chi connectivity index (χ2n) is 5.16. The number of aromatic nitrogens is 3. The van der Waals surface area contributed by atoms with Crippen LogP contribution in [0.1, 0.15) is 41.5 Å². The number of nitrogens with zero attached hydrogens (tertiary/aromatic N) is 3. The Morgan fingerprint density at radius 1 is 1.50 bits per heavy atom. The van der Waals surface area contributed by atoms with Gasteiger partial charge in [-0.1, -0.05) is 19.4 Å². The van der Waals surface area contributed by atoms with E-state index < -0.39 is 10.8 Å². The van der Waals surface area contributed by atoms with Crippen LogP contribution in [0.3, 0.4) is 0 Å². The monoisotopic (exact) mass is 333 g/mol. The van der Waals surface area contributed by atoms with Crippen molar-refractivity contribution >= 4 is 11.6 Å². The van der Waals surface area contributed by atoms with Gasteiger partial charge in [0.25, 0.3) is 5.91 Å². The molecule has 2 heterocycles. The predicted molar refractivity (Wildman–Crippen MR) is 85.8 cm³/mol. The van der Waals surface area contributed by atoms with Crippen LogP contribution < -0.4 is 10.1 Å². The second kappa shape index (κ2) is 8.04. The number of rotatable bonds is 8. The van der Waals surface area contributed by atoms with Crippen LogP contribution in [0.2, 0.25) is 0 Å². The topological polar surface area (TPSA) is 123 Å². The first kappa shape index (κ1) is 17.4. The Kier molecular flexibility index (Phi) is 5.83. The summed E-state index contributed by atoms with van der Waals surface area (Å²) in [5.41, 5.74) is 0.361. The van der Waals surface area contributed by atoms with Crippen LogP contribution in [0.25, 0.3) is 0 Å². The van der Waals surface area contributed by atoms with Crippen LogP contribution in [-0.4, -0.2) is 32.6 Å². The number of carbonyl (C=O) groups is 1. The lowest BCUT2D eigenvalue weighted by Gasteiger charge is -2.10. The number of aromatic amines is 1. The Morgan fingerprint density at radius 2 is 2.29 bits per heavy atom. The molecule has 0 saturated carbocycles. The maximum absolute atomic E-state index is 12.2. The van der Waals surface area contributed by atoms with Crippen LogP contribution in [0.15, 0.2) is 18.3 Å². The first-order valence-electron chi connectivity index (χ1n) is 7.58. The molecule has 2 aromatic rings. The van der Waals surface area contributed by atoms with E-state index in [4.69, 9.17) is 4.74 Å². The van der Waals surface area contributed by atoms with E-state index in [0.717, 1.165) is 12.8 Å². The van der Waals surface area contributed by atoms with Gasteiger partial charge < -0.3 is 10.1 Å². The number of hydrogen-bond donors (Lipinski definition) is 2. The lowest BCUT2D eigenvalue weighted by atomic mass is 10.2. The summed E-state index contributed by atoms with van der Waals surface area (Å²) in [7, 11) is 0. The third-order valence-corrected chi connectivity index (χ3v) is 3.34. The molecule has 2 N–H and O–H groups in total. The van der Waals surface area contributed by atoms with E-state index in [1.807, 2.05) is 0 Å². The maximum atomic E-state index is 12.2. The standard InChI is InChI=1S/C15H19N5O4/c1-3-4-8-24-15-11(6-5-7-16-15)9-17-14(21)12-13(20(22)23)10(2)18-19-12/h5-7H,3-4,8-9H2,1-2H3,(H,17,21)(H,18,19). The Morgan fingerprint density at radius 3 is 3.00 bits per heavy atom. The molecule has 24 heavy (non-hydrogen) atoms. The zero-order chi connectivity index (χ0) is 17.5. The Balaban J connectivity index is 2.06. The number of H-pyrrole nitrogens is 1. The van der Waals surface area contributed by atoms with Gasteiger partial charge in [-0.05, 0) is 19.4 Å². The molecule has 2 rings (SSSR count). The second-order valence-corrected chi connectivity index (χ2v) is 5.16. The molecule has 2 aromatic heterocycles. The normalized spacial score (nSPS) is 10.4. The van der Waals surface area contributed by atoms with Crippen molar-refractivity contribution < 1.29 is 14.5 Å². The number of nitro groups is 1. The van der Waals surface area contributed by atoms with Crippen LogP contribution in [0.5, 0.6) is 5.88 Å². The molecule has 0 aromatic carbocycles. The van der Waals surface area contributed by atoms with Crippen LogP contribution in [0.4, 0.5) is 5.69 Å². The number of hydrogen-bond acceptors (Lipinski definition) is 6. The highest BCUT2D eigenvalue weighted by Crippen LogP contribution is 2.20. The molecule has 0 aliphatic rings. The van der Waals surface area contributed by atoms with Crippen molar-refractivity contribution in [2.45, 2.75) is 33.2 Å². The molecule has 9 nitrogen and oxygen atoms in total. The van der Waals surface area contributed by atoms with Crippen molar-refractivity contribution in [3.8, 4) is 5.88 Å². The molecule has 0 fully saturated rings. The molecule has 0 saturated heterocycles. The number of aryl methyl sites for hydroxylation is 1. The lowest BCUT2D eigenvalue weighted by molar-refractivity contribution is -0.385. The van der Waals surface area contributed by atoms with E-state index in [0.29, 0.717) is 18.1 Å². The van der Waals surface area contributed by atoms with Gasteiger partial charge in [0.2, 0.25) is 11.6 Å². The zero-order valence-electron chi connectivity index (χ0n) is 13.5. The number of pyridine rings is 1. The van der Waals surface area contributed by atoms with E-state index >= 15 is 0 Å². The van der Waals surface area contributed by atoms with Crippen molar-refractivity contribution in [3.05, 3.63) is 45.4 Å². The molecule has 9 heteroatoms. The largest absolute Gasteiger partial charge is 0.477 e. The molecule has 0 radical (unpaired) electrons. The smallest absolute Gasteiger partial charge is 0.322 e. The quantitative estimate of drug-likeness (QED) is 0.433. The van der Waals surface area contributed by atoms with Crippen LogP contribution in [0, 0.1) is 17.0 Å². The molecular weight excluding hydrogens is 314 g/mol. The molecule has 0 bridgehead atoms. The Bertz CT molecular complexity index is 728. The van der Waals surface area contributed by atoms with E-state index in [1.165, 1.54) is 6.92 Å². The average molecular weight is 333 g/mol. The average Bonchev–Trinajstić information content (AvgIpc) is 2.96. The van der Waals surface area contributed by atoms with Gasteiger partial charge in [-0.3, -0.25) is 20.0 Å². The fourth-order valence-corrected chi connectivity index (χ4v) is 2.07. The molecule has 1 amide bonds. The molecule has 0 unspecified atom stereocenters. The fourth-order valence-electron chi connectivity index (χ4n) is 2.07. The zero-order valence-corrected chi connectivity index (χ0v) is 13.5. The lowest BCUT2D eigenvalue weighted by Crippen LogP contribution is -2.24. The minimum Gasteiger partial charge on any atom is -0.477 e. The summed E-state index contributed by atoms with van der Waals surface area (Å²) in [6, 6.07) is 3.51. The summed E-state index contributed by atoms with van der Waals surface area (Å²) < 4.78 is 5.59. The summed E-state index contributed by atoms with van der Waals surface area (Å²) >= 11 is 0. The van der Waals surface area contributed by atoms with Crippen molar-refractivity contribution in [2.75, 3.05) is 6.61 Å². The van der Waals surface area contributed by atoms with Gasteiger partial charge >= 0.3 is 5.69 Å². The van der Waals surface area contributed by atoms with E-state index in [2.05, 4.69) is 27.4 Å². The van der Waals surface area contributed by atoms with Gasteiger partial charge in [0.15, 0.2) is 0 Å². The van der Waals surface area contributed by atoms with Gasteiger partial charge in [0.1, 0.15) is 5.69 Å². The summed E-state index contributed by atoms with van der Waals surface area (Å²) in [4.78, 5) is 26.7. The highest BCUT2D eigenvalue weighted by molar-refractivity contribution is 5.96. The third kappa shape index (κ3) is 4.06. The van der Waals surface area contributed by atoms with Gasteiger partial charge in [0, 0.05) is 18.3 Å². The van der Waals surface area contributed by atoms with Crippen LogP contribution in [-0.2, 0) is 6.54 Å². The molecule has 0 spiro atoms. The van der Waals surface area contributed by atoms with E-state index in [9.17, 15) is 14.9 Å². The molecular formula is C15H19N5O4. The van der Waals surface area contributed by atoms with Crippen molar-refractivity contribution in [1.29, 1.82) is 0 Å². The predicted octanol–water partition coefficient (Wildman–Crippen LogP) is 2.13. The highest BCUT2D eigenvalue weighted by Gasteiger charge is 2.27. The van der Waals surface area contributed by atoms with Gasteiger partial charge in [0.05, 0.1) is 11.5 Å². The van der Waals surface area contributed by atoms with Crippen molar-refractivity contribution in [3.63, 3.8) is 0 Å². The Labute approximate surface area is 138 Å². The van der Waals surface area contributed by atoms with Gasteiger partial charge in [-0.25, -0.2) is 4.98 Å². The number of unbranched alkanes of at least 4 members (excludes halogenated alkanes) is 1. The first-order chi connectivity index (χ1) is 11.5. The number of nitrogens with one attached hydrogen (secondary N) is 2. The summed E-state index contributed by atoms with van der Waals surface area (Å²) in [5, 5.41) is 19.8. The molecule has 0 aliphatic heterocycles. The number of amides is 1. The summed E-state index contributed by atoms with van der Waals surface area (Å²) in [5.74, 6) is -0.187. The minimum absolute atomic E-state index is 0.136. The summed E-state index contributed by atoms with van der Waals surface area (Å²) in [6.45, 7) is 4.22. The maximum Gasteiger partial charge on any atom is 0.322 e. The van der Waals surface area contributed by atoms with E-state index in [1.54, 1.807) is 18.3 Å². The van der Waals surface area contributed by atoms with Crippen LogP contribution >= 0.6 is 0 Å². The minimum atomic E-state index is -0.630.